The fourth-order valence-corrected chi connectivity index (χ4v) is 1.52. The fourth-order valence-electron chi connectivity index (χ4n) is 1.52. The van der Waals surface area contributed by atoms with E-state index in [0.29, 0.717) is 11.1 Å². The fraction of sp³-hybridized carbons (Fsp3) is 0.385. The summed E-state index contributed by atoms with van der Waals surface area (Å²) < 4.78 is 0. The van der Waals surface area contributed by atoms with Crippen LogP contribution in [0.1, 0.15) is 34.6 Å². The van der Waals surface area contributed by atoms with Crippen LogP contribution in [0.25, 0.3) is 0 Å². The summed E-state index contributed by atoms with van der Waals surface area (Å²) >= 11 is 0. The number of ketones is 1. The highest BCUT2D eigenvalue weighted by atomic mass is 16.1. The number of carbonyl (C=O) groups is 2. The van der Waals surface area contributed by atoms with Crippen LogP contribution in [0.2, 0.25) is 0 Å². The van der Waals surface area contributed by atoms with Crippen LogP contribution in [-0.2, 0) is 0 Å². The molecule has 0 radical (unpaired) electrons. The molecule has 0 fully saturated rings. The van der Waals surface area contributed by atoms with Crippen molar-refractivity contribution in [2.75, 3.05) is 13.6 Å². The number of benzene rings is 1. The van der Waals surface area contributed by atoms with Crippen molar-refractivity contribution in [3.05, 3.63) is 35.4 Å². The predicted octanol–water partition coefficient (Wildman–Crippen LogP) is 1.23. The second kappa shape index (κ2) is 6.15. The van der Waals surface area contributed by atoms with Crippen molar-refractivity contribution in [3.63, 3.8) is 0 Å². The van der Waals surface area contributed by atoms with Gasteiger partial charge in [0.25, 0.3) is 5.91 Å². The maximum absolute atomic E-state index is 11.8. The molecule has 0 spiro atoms. The van der Waals surface area contributed by atoms with Gasteiger partial charge in [-0.15, -0.1) is 0 Å². The van der Waals surface area contributed by atoms with E-state index in [1.807, 2.05) is 14.0 Å². The summed E-state index contributed by atoms with van der Waals surface area (Å²) in [5.41, 5.74) is 1.18. The average molecular weight is 234 g/mol. The number of hydrogen-bond donors (Lipinski definition) is 2. The van der Waals surface area contributed by atoms with Gasteiger partial charge < -0.3 is 10.6 Å². The van der Waals surface area contributed by atoms with Gasteiger partial charge in [-0.2, -0.15) is 0 Å². The van der Waals surface area contributed by atoms with Crippen molar-refractivity contribution < 1.29 is 9.59 Å². The van der Waals surface area contributed by atoms with E-state index in [9.17, 15) is 9.59 Å². The van der Waals surface area contributed by atoms with Gasteiger partial charge in [0.15, 0.2) is 5.78 Å². The minimum absolute atomic E-state index is 0.000471. The van der Waals surface area contributed by atoms with E-state index in [1.165, 1.54) is 6.92 Å². The van der Waals surface area contributed by atoms with Gasteiger partial charge in [-0.1, -0.05) is 12.1 Å². The first-order valence-corrected chi connectivity index (χ1v) is 5.61. The van der Waals surface area contributed by atoms with E-state index >= 15 is 0 Å². The molecular weight excluding hydrogens is 216 g/mol. The first-order chi connectivity index (χ1) is 8.04. The number of hydrogen-bond acceptors (Lipinski definition) is 3. The summed E-state index contributed by atoms with van der Waals surface area (Å²) in [5, 5.41) is 5.85. The number of likely N-dealkylation sites (N-methyl/N-ethyl adjacent to an activating group) is 1. The largest absolute Gasteiger partial charge is 0.348 e. The lowest BCUT2D eigenvalue weighted by Crippen LogP contribution is -2.38. The zero-order chi connectivity index (χ0) is 12.8. The van der Waals surface area contributed by atoms with Gasteiger partial charge in [0.05, 0.1) is 0 Å². The number of Topliss-reactive ketones (excluding diaryl/α,β-unsaturated/α-hetero) is 1. The maximum atomic E-state index is 11.8. The summed E-state index contributed by atoms with van der Waals surface area (Å²) in [6.07, 6.45) is 0. The Morgan fingerprint density at radius 2 is 1.71 bits per heavy atom. The van der Waals surface area contributed by atoms with Gasteiger partial charge >= 0.3 is 0 Å². The summed E-state index contributed by atoms with van der Waals surface area (Å²) in [4.78, 5) is 22.9. The molecule has 0 aliphatic rings. The molecule has 0 saturated heterocycles. The molecular formula is C13H18N2O2. The van der Waals surface area contributed by atoms with E-state index in [-0.39, 0.29) is 17.7 Å². The van der Waals surface area contributed by atoms with E-state index in [4.69, 9.17) is 0 Å². The number of carbonyl (C=O) groups excluding carboxylic acids is 2. The van der Waals surface area contributed by atoms with E-state index in [0.717, 1.165) is 6.54 Å². The van der Waals surface area contributed by atoms with Gasteiger partial charge in [0.1, 0.15) is 0 Å². The predicted molar refractivity (Wildman–Crippen MR) is 67.3 cm³/mol. The van der Waals surface area contributed by atoms with Crippen LogP contribution in [0.15, 0.2) is 24.3 Å². The molecule has 0 bridgehead atoms. The summed E-state index contributed by atoms with van der Waals surface area (Å²) in [5.74, 6) is -0.122. The van der Waals surface area contributed by atoms with Crippen LogP contribution in [0.5, 0.6) is 0 Å². The first-order valence-electron chi connectivity index (χ1n) is 5.61. The quantitative estimate of drug-likeness (QED) is 0.753. The molecule has 1 unspecified atom stereocenters. The topological polar surface area (TPSA) is 58.2 Å². The molecule has 1 atom stereocenters. The minimum atomic E-state index is -0.122. The van der Waals surface area contributed by atoms with Gasteiger partial charge in [0, 0.05) is 23.7 Å². The van der Waals surface area contributed by atoms with Crippen molar-refractivity contribution in [2.24, 2.45) is 0 Å². The molecule has 0 aliphatic heterocycles. The number of nitrogens with one attached hydrogen (secondary N) is 2. The monoisotopic (exact) mass is 234 g/mol. The smallest absolute Gasteiger partial charge is 0.251 e. The molecule has 92 valence electrons. The van der Waals surface area contributed by atoms with Gasteiger partial charge in [-0.05, 0) is 33.0 Å². The van der Waals surface area contributed by atoms with Crippen LogP contribution < -0.4 is 10.6 Å². The molecule has 0 saturated carbocycles. The molecule has 2 N–H and O–H groups in total. The molecule has 4 nitrogen and oxygen atoms in total. The molecule has 0 aromatic heterocycles. The normalized spacial score (nSPS) is 11.9. The van der Waals surface area contributed by atoms with Gasteiger partial charge in [-0.3, -0.25) is 9.59 Å². The summed E-state index contributed by atoms with van der Waals surface area (Å²) in [6.45, 7) is 4.15. The second-order valence-electron chi connectivity index (χ2n) is 4.07. The highest BCUT2D eigenvalue weighted by molar-refractivity contribution is 5.97. The zero-order valence-corrected chi connectivity index (χ0v) is 10.4. The van der Waals surface area contributed by atoms with Gasteiger partial charge in [0.2, 0.25) is 0 Å². The molecule has 17 heavy (non-hydrogen) atoms. The van der Waals surface area contributed by atoms with E-state index in [2.05, 4.69) is 10.6 Å². The lowest BCUT2D eigenvalue weighted by atomic mass is 10.1. The maximum Gasteiger partial charge on any atom is 0.251 e. The third-order valence-corrected chi connectivity index (χ3v) is 2.44. The molecule has 1 rings (SSSR count). The molecule has 0 aliphatic carbocycles. The molecule has 1 aromatic rings. The molecule has 1 amide bonds. The number of rotatable bonds is 5. The molecule has 4 heteroatoms. The van der Waals surface area contributed by atoms with E-state index in [1.54, 1.807) is 24.3 Å². The summed E-state index contributed by atoms with van der Waals surface area (Å²) in [6, 6.07) is 6.73. The standard InChI is InChI=1S/C13H18N2O2/c1-9(8-14-3)15-13(17)12-6-4-11(5-7-12)10(2)16/h4-7,9,14H,8H2,1-3H3,(H,15,17). The molecule has 1 aromatic carbocycles. The van der Waals surface area contributed by atoms with Crippen molar-refractivity contribution in [1.82, 2.24) is 10.6 Å². The Hall–Kier alpha value is -1.68. The SMILES string of the molecule is CNCC(C)NC(=O)c1ccc(C(C)=O)cc1. The van der Waals surface area contributed by atoms with E-state index < -0.39 is 0 Å². The van der Waals surface area contributed by atoms with Crippen LogP contribution in [0.4, 0.5) is 0 Å². The first kappa shape index (κ1) is 13.4. The Labute approximate surface area is 101 Å². The number of amides is 1. The second-order valence-corrected chi connectivity index (χ2v) is 4.07. The highest BCUT2D eigenvalue weighted by Gasteiger charge is 2.09. The Balaban J connectivity index is 2.66. The van der Waals surface area contributed by atoms with Crippen molar-refractivity contribution in [1.29, 1.82) is 0 Å². The summed E-state index contributed by atoms with van der Waals surface area (Å²) in [7, 11) is 1.84. The van der Waals surface area contributed by atoms with Gasteiger partial charge in [-0.25, -0.2) is 0 Å². The van der Waals surface area contributed by atoms with Crippen LogP contribution in [0.3, 0.4) is 0 Å². The third kappa shape index (κ3) is 4.00. The van der Waals surface area contributed by atoms with Crippen LogP contribution in [-0.4, -0.2) is 31.3 Å². The Bertz CT molecular complexity index is 398. The highest BCUT2D eigenvalue weighted by Crippen LogP contribution is 2.05. The van der Waals surface area contributed by atoms with Crippen molar-refractivity contribution in [2.45, 2.75) is 19.9 Å². The molecule has 0 heterocycles. The lowest BCUT2D eigenvalue weighted by molar-refractivity contribution is 0.0938. The Morgan fingerprint density at radius 3 is 2.18 bits per heavy atom. The zero-order valence-electron chi connectivity index (χ0n) is 10.4. The van der Waals surface area contributed by atoms with Crippen LogP contribution >= 0.6 is 0 Å². The average Bonchev–Trinajstić information content (AvgIpc) is 2.29. The Kier molecular flexibility index (Phi) is 4.84. The Morgan fingerprint density at radius 1 is 1.18 bits per heavy atom. The van der Waals surface area contributed by atoms with Crippen molar-refractivity contribution >= 4 is 11.7 Å². The third-order valence-electron chi connectivity index (χ3n) is 2.44. The lowest BCUT2D eigenvalue weighted by Gasteiger charge is -2.13. The van der Waals surface area contributed by atoms with Crippen LogP contribution in [0, 0.1) is 0 Å². The minimum Gasteiger partial charge on any atom is -0.348 e. The van der Waals surface area contributed by atoms with Crippen molar-refractivity contribution in [3.8, 4) is 0 Å².